The number of aromatic hydroxyl groups is 1. The van der Waals surface area contributed by atoms with Crippen molar-refractivity contribution in [2.75, 3.05) is 0 Å². The van der Waals surface area contributed by atoms with Gasteiger partial charge in [0.25, 0.3) is 0 Å². The summed E-state index contributed by atoms with van der Waals surface area (Å²) in [4.78, 5) is 3.85. The number of H-pyrrole nitrogens is 1. The lowest BCUT2D eigenvalue weighted by Gasteiger charge is -2.16. The molecule has 33 heavy (non-hydrogen) atoms. The van der Waals surface area contributed by atoms with Gasteiger partial charge in [0.1, 0.15) is 23.8 Å². The number of phenols is 1. The number of nitrogens with one attached hydrogen (secondary N) is 1. The average Bonchev–Trinajstić information content (AvgIpc) is 3.30. The predicted molar refractivity (Wildman–Crippen MR) is 121 cm³/mol. The van der Waals surface area contributed by atoms with E-state index in [9.17, 15) is 18.3 Å². The number of hydrogen-bond donors (Lipinski definition) is 2. The quantitative estimate of drug-likeness (QED) is 0.296. The van der Waals surface area contributed by atoms with Gasteiger partial charge in [0, 0.05) is 10.6 Å². The maximum Gasteiger partial charge on any atom is 0.432 e. The Balaban J connectivity index is 1.77. The molecule has 168 valence electrons. The third-order valence-electron chi connectivity index (χ3n) is 4.95. The van der Waals surface area contributed by atoms with E-state index in [4.69, 9.17) is 16.3 Å². The van der Waals surface area contributed by atoms with Crippen LogP contribution in [0.3, 0.4) is 0 Å². The molecule has 0 saturated carbocycles. The van der Waals surface area contributed by atoms with Gasteiger partial charge < -0.3 is 9.84 Å². The molecule has 9 heteroatoms. The number of alkyl halides is 3. The van der Waals surface area contributed by atoms with Gasteiger partial charge in [-0.25, -0.2) is 0 Å². The maximum atomic E-state index is 13.0. The van der Waals surface area contributed by atoms with Gasteiger partial charge in [-0.1, -0.05) is 35.9 Å². The fraction of sp³-hybridized carbons (Fsp3) is 0.0833. The molecule has 5 nitrogen and oxygen atoms in total. The first-order valence-electron chi connectivity index (χ1n) is 9.69. The van der Waals surface area contributed by atoms with Crippen LogP contribution < -0.4 is 4.74 Å². The third-order valence-corrected chi connectivity index (χ3v) is 5.20. The molecule has 0 saturated heterocycles. The van der Waals surface area contributed by atoms with Crippen LogP contribution in [0.4, 0.5) is 18.9 Å². The Morgan fingerprint density at radius 3 is 2.33 bits per heavy atom. The molecule has 4 aromatic rings. The van der Waals surface area contributed by atoms with Gasteiger partial charge in [-0.2, -0.15) is 18.3 Å². The number of aliphatic imine (C=N–C) groups is 1. The summed E-state index contributed by atoms with van der Waals surface area (Å²) in [5.74, 6) is 0.0836. The standard InChI is InChI=1S/C24H17ClF3N3O2/c1-29-17-8-4-15(5-9-17)22-20(33-13-14-2-6-16(25)7-3-14)11-10-18(23(22)32)19-12-21(31-30-19)24(26,27)28/h2-12,32H,1,13H2,(H,30,31). The summed E-state index contributed by atoms with van der Waals surface area (Å²) in [5, 5.41) is 17.4. The molecule has 0 spiro atoms. The van der Waals surface area contributed by atoms with Crippen molar-refractivity contribution in [1.82, 2.24) is 10.2 Å². The second-order valence-corrected chi connectivity index (χ2v) is 7.56. The molecule has 0 amide bonds. The number of aromatic amines is 1. The van der Waals surface area contributed by atoms with E-state index in [1.165, 1.54) is 6.07 Å². The molecule has 0 radical (unpaired) electrons. The lowest BCUT2D eigenvalue weighted by molar-refractivity contribution is -0.141. The number of phenolic OH excluding ortho intramolecular Hbond substituents is 1. The summed E-state index contributed by atoms with van der Waals surface area (Å²) < 4.78 is 45.0. The molecule has 1 aromatic heterocycles. The van der Waals surface area contributed by atoms with Crippen LogP contribution in [0.2, 0.25) is 5.02 Å². The SMILES string of the molecule is C=Nc1ccc(-c2c(OCc3ccc(Cl)cc3)ccc(-c3cc(C(F)(F)F)[nH]n3)c2O)cc1. The minimum atomic E-state index is -4.58. The first kappa shape index (κ1) is 22.4. The summed E-state index contributed by atoms with van der Waals surface area (Å²) >= 11 is 5.92. The molecule has 3 aromatic carbocycles. The highest BCUT2D eigenvalue weighted by atomic mass is 35.5. The number of benzene rings is 3. The third kappa shape index (κ3) is 4.85. The summed E-state index contributed by atoms with van der Waals surface area (Å²) in [7, 11) is 0. The van der Waals surface area contributed by atoms with Gasteiger partial charge in [0.05, 0.1) is 16.9 Å². The monoisotopic (exact) mass is 471 g/mol. The Morgan fingerprint density at radius 1 is 1.03 bits per heavy atom. The smallest absolute Gasteiger partial charge is 0.432 e. The number of hydrogen-bond acceptors (Lipinski definition) is 4. The van der Waals surface area contributed by atoms with Crippen LogP contribution in [0.5, 0.6) is 11.5 Å². The second kappa shape index (κ2) is 8.99. The van der Waals surface area contributed by atoms with Crippen LogP contribution in [-0.4, -0.2) is 22.0 Å². The molecule has 0 aliphatic carbocycles. The highest BCUT2D eigenvalue weighted by molar-refractivity contribution is 6.30. The normalized spacial score (nSPS) is 11.4. The molecule has 0 unspecified atom stereocenters. The van der Waals surface area contributed by atoms with Crippen molar-refractivity contribution >= 4 is 24.0 Å². The van der Waals surface area contributed by atoms with Gasteiger partial charge in [0.15, 0.2) is 0 Å². The molecule has 0 aliphatic heterocycles. The van der Waals surface area contributed by atoms with E-state index < -0.39 is 11.9 Å². The van der Waals surface area contributed by atoms with Crippen molar-refractivity contribution in [1.29, 1.82) is 0 Å². The lowest BCUT2D eigenvalue weighted by Crippen LogP contribution is -2.04. The first-order chi connectivity index (χ1) is 15.8. The van der Waals surface area contributed by atoms with Gasteiger partial charge in [-0.3, -0.25) is 10.1 Å². The topological polar surface area (TPSA) is 70.5 Å². The van der Waals surface area contributed by atoms with E-state index in [1.807, 2.05) is 17.2 Å². The van der Waals surface area contributed by atoms with Gasteiger partial charge in [-0.15, -0.1) is 0 Å². The maximum absolute atomic E-state index is 13.0. The molecule has 0 bridgehead atoms. The predicted octanol–water partition coefficient (Wildman–Crippen LogP) is 7.03. The molecule has 0 atom stereocenters. The van der Waals surface area contributed by atoms with Gasteiger partial charge in [-0.05, 0) is 60.3 Å². The van der Waals surface area contributed by atoms with E-state index in [0.29, 0.717) is 27.6 Å². The zero-order valence-corrected chi connectivity index (χ0v) is 17.8. The van der Waals surface area contributed by atoms with Crippen LogP contribution >= 0.6 is 11.6 Å². The summed E-state index contributed by atoms with van der Waals surface area (Å²) in [6, 6.07) is 17.8. The fourth-order valence-electron chi connectivity index (χ4n) is 3.26. The van der Waals surface area contributed by atoms with Crippen molar-refractivity contribution in [3.8, 4) is 33.9 Å². The highest BCUT2D eigenvalue weighted by Gasteiger charge is 2.33. The number of halogens is 4. The Kier molecular flexibility index (Phi) is 6.11. The largest absolute Gasteiger partial charge is 0.506 e. The molecular formula is C24H17ClF3N3O2. The second-order valence-electron chi connectivity index (χ2n) is 7.12. The van der Waals surface area contributed by atoms with E-state index in [0.717, 1.165) is 11.6 Å². The van der Waals surface area contributed by atoms with Gasteiger partial charge in [0.2, 0.25) is 0 Å². The molecule has 4 rings (SSSR count). The van der Waals surface area contributed by atoms with Crippen molar-refractivity contribution in [3.05, 3.63) is 83.0 Å². The molecule has 2 N–H and O–H groups in total. The molecular weight excluding hydrogens is 455 g/mol. The van der Waals surface area contributed by atoms with E-state index in [2.05, 4.69) is 16.8 Å². The molecule has 1 heterocycles. The fourth-order valence-corrected chi connectivity index (χ4v) is 3.38. The Hall–Kier alpha value is -3.78. The summed E-state index contributed by atoms with van der Waals surface area (Å²) in [6.45, 7) is 3.67. The van der Waals surface area contributed by atoms with Crippen molar-refractivity contribution < 1.29 is 23.0 Å². The van der Waals surface area contributed by atoms with Crippen LogP contribution in [0.1, 0.15) is 11.3 Å². The van der Waals surface area contributed by atoms with E-state index >= 15 is 0 Å². The zero-order valence-electron chi connectivity index (χ0n) is 17.0. The van der Waals surface area contributed by atoms with E-state index in [1.54, 1.807) is 42.5 Å². The lowest BCUT2D eigenvalue weighted by atomic mass is 9.98. The minimum absolute atomic E-state index is 0.0466. The highest BCUT2D eigenvalue weighted by Crippen LogP contribution is 2.45. The van der Waals surface area contributed by atoms with Gasteiger partial charge >= 0.3 is 6.18 Å². The molecule has 0 fully saturated rings. The van der Waals surface area contributed by atoms with Crippen LogP contribution in [0.15, 0.2) is 71.7 Å². The van der Waals surface area contributed by atoms with Crippen molar-refractivity contribution in [2.24, 2.45) is 4.99 Å². The minimum Gasteiger partial charge on any atom is -0.506 e. The summed E-state index contributed by atoms with van der Waals surface area (Å²) in [6.07, 6.45) is -4.58. The Morgan fingerprint density at radius 2 is 1.73 bits per heavy atom. The number of rotatable bonds is 6. The van der Waals surface area contributed by atoms with Crippen LogP contribution in [-0.2, 0) is 12.8 Å². The van der Waals surface area contributed by atoms with Crippen LogP contribution in [0.25, 0.3) is 22.4 Å². The van der Waals surface area contributed by atoms with Crippen molar-refractivity contribution in [2.45, 2.75) is 12.8 Å². The van der Waals surface area contributed by atoms with E-state index in [-0.39, 0.29) is 23.6 Å². The summed E-state index contributed by atoms with van der Waals surface area (Å²) in [5.41, 5.74) is 1.44. The number of nitrogens with zero attached hydrogens (tertiary/aromatic N) is 2. The molecule has 0 aliphatic rings. The first-order valence-corrected chi connectivity index (χ1v) is 10.1. The Labute approximate surface area is 192 Å². The Bertz CT molecular complexity index is 1280. The zero-order chi connectivity index (χ0) is 23.6. The average molecular weight is 472 g/mol. The van der Waals surface area contributed by atoms with Crippen LogP contribution in [0, 0.1) is 0 Å². The van der Waals surface area contributed by atoms with Crippen molar-refractivity contribution in [3.63, 3.8) is 0 Å². The number of ether oxygens (including phenoxy) is 1. The number of aromatic nitrogens is 2.